The summed E-state index contributed by atoms with van der Waals surface area (Å²) in [4.78, 5) is 19.8. The molecule has 17 heavy (non-hydrogen) atoms. The fraction of sp³-hybridized carbons (Fsp3) is 0.273. The van der Waals surface area contributed by atoms with Crippen LogP contribution in [0.2, 0.25) is 0 Å². The molecule has 0 radical (unpaired) electrons. The molecule has 0 spiro atoms. The highest BCUT2D eigenvalue weighted by atomic mass is 16.2. The molecule has 0 saturated heterocycles. The zero-order valence-electron chi connectivity index (χ0n) is 9.77. The zero-order valence-corrected chi connectivity index (χ0v) is 9.77. The largest absolute Gasteiger partial charge is 0.346 e. The van der Waals surface area contributed by atoms with Gasteiger partial charge in [0.15, 0.2) is 0 Å². The lowest BCUT2D eigenvalue weighted by Crippen LogP contribution is -2.26. The third-order valence-electron chi connectivity index (χ3n) is 2.18. The number of amides is 1. The molecule has 2 rings (SSSR count). The van der Waals surface area contributed by atoms with Gasteiger partial charge in [-0.2, -0.15) is 4.98 Å². The standard InChI is InChI=1S/C11H13N5O/c1-7(2)6-13-10(17)9-14-11-12-5-4-8(3)16(11)15-9/h4-5H,1,6H2,2-3H3,(H,13,17). The molecule has 0 saturated carbocycles. The van der Waals surface area contributed by atoms with Gasteiger partial charge in [0.1, 0.15) is 0 Å². The molecule has 1 N–H and O–H groups in total. The van der Waals surface area contributed by atoms with Crippen LogP contribution < -0.4 is 5.32 Å². The van der Waals surface area contributed by atoms with Crippen molar-refractivity contribution in [2.75, 3.05) is 6.54 Å². The maximum absolute atomic E-state index is 11.7. The van der Waals surface area contributed by atoms with Gasteiger partial charge in [0, 0.05) is 18.4 Å². The molecular formula is C11H13N5O. The summed E-state index contributed by atoms with van der Waals surface area (Å²) in [6, 6.07) is 1.80. The van der Waals surface area contributed by atoms with Crippen LogP contribution in [0.5, 0.6) is 0 Å². The summed E-state index contributed by atoms with van der Waals surface area (Å²) in [7, 11) is 0. The van der Waals surface area contributed by atoms with Gasteiger partial charge in [-0.25, -0.2) is 9.50 Å². The van der Waals surface area contributed by atoms with Crippen molar-refractivity contribution in [3.63, 3.8) is 0 Å². The van der Waals surface area contributed by atoms with Gasteiger partial charge in [-0.3, -0.25) is 4.79 Å². The highest BCUT2D eigenvalue weighted by molar-refractivity contribution is 5.90. The fourth-order valence-corrected chi connectivity index (χ4v) is 1.31. The van der Waals surface area contributed by atoms with Gasteiger partial charge in [-0.15, -0.1) is 5.10 Å². The van der Waals surface area contributed by atoms with E-state index >= 15 is 0 Å². The lowest BCUT2D eigenvalue weighted by Gasteiger charge is -1.99. The van der Waals surface area contributed by atoms with Crippen LogP contribution in [0.3, 0.4) is 0 Å². The van der Waals surface area contributed by atoms with E-state index in [1.807, 2.05) is 13.8 Å². The van der Waals surface area contributed by atoms with E-state index in [9.17, 15) is 4.79 Å². The molecule has 0 bridgehead atoms. The second-order valence-electron chi connectivity index (χ2n) is 3.87. The third-order valence-corrected chi connectivity index (χ3v) is 2.18. The lowest BCUT2D eigenvalue weighted by atomic mass is 10.3. The van der Waals surface area contributed by atoms with Gasteiger partial charge in [0.2, 0.25) is 5.82 Å². The molecule has 0 fully saturated rings. The minimum absolute atomic E-state index is 0.119. The van der Waals surface area contributed by atoms with Crippen molar-refractivity contribution < 1.29 is 4.79 Å². The summed E-state index contributed by atoms with van der Waals surface area (Å²) in [6.07, 6.45) is 1.63. The van der Waals surface area contributed by atoms with Crippen LogP contribution in [0.4, 0.5) is 0 Å². The highest BCUT2D eigenvalue weighted by Gasteiger charge is 2.13. The molecule has 6 heteroatoms. The summed E-state index contributed by atoms with van der Waals surface area (Å²) in [5.74, 6) is 0.219. The van der Waals surface area contributed by atoms with Gasteiger partial charge in [0.05, 0.1) is 0 Å². The first-order chi connectivity index (χ1) is 8.08. The summed E-state index contributed by atoms with van der Waals surface area (Å²) < 4.78 is 1.54. The number of nitrogens with zero attached hydrogens (tertiary/aromatic N) is 4. The van der Waals surface area contributed by atoms with Crippen molar-refractivity contribution in [1.29, 1.82) is 0 Å². The van der Waals surface area contributed by atoms with Crippen molar-refractivity contribution in [3.8, 4) is 0 Å². The van der Waals surface area contributed by atoms with Gasteiger partial charge < -0.3 is 5.32 Å². The first-order valence-corrected chi connectivity index (χ1v) is 5.19. The molecule has 0 aliphatic rings. The molecule has 88 valence electrons. The molecule has 0 atom stereocenters. The normalized spacial score (nSPS) is 10.5. The van der Waals surface area contributed by atoms with E-state index in [1.165, 1.54) is 4.52 Å². The Morgan fingerprint density at radius 3 is 3.00 bits per heavy atom. The van der Waals surface area contributed by atoms with E-state index in [0.717, 1.165) is 11.3 Å². The zero-order chi connectivity index (χ0) is 12.4. The minimum atomic E-state index is -0.321. The van der Waals surface area contributed by atoms with Crippen LogP contribution in [0.15, 0.2) is 24.4 Å². The first kappa shape index (κ1) is 11.3. The van der Waals surface area contributed by atoms with Crippen LogP contribution in [0.25, 0.3) is 5.78 Å². The van der Waals surface area contributed by atoms with Crippen LogP contribution in [0, 0.1) is 6.92 Å². The van der Waals surface area contributed by atoms with Crippen molar-refractivity contribution in [2.24, 2.45) is 0 Å². The molecular weight excluding hydrogens is 218 g/mol. The number of carbonyl (C=O) groups excluding carboxylic acids is 1. The molecule has 0 aromatic carbocycles. The van der Waals surface area contributed by atoms with E-state index in [0.29, 0.717) is 12.3 Å². The molecule has 2 heterocycles. The minimum Gasteiger partial charge on any atom is -0.346 e. The number of aromatic nitrogens is 4. The van der Waals surface area contributed by atoms with E-state index in [4.69, 9.17) is 0 Å². The van der Waals surface area contributed by atoms with Gasteiger partial charge in [-0.05, 0) is 19.9 Å². The van der Waals surface area contributed by atoms with Gasteiger partial charge in [-0.1, -0.05) is 12.2 Å². The number of hydrogen-bond donors (Lipinski definition) is 1. The fourth-order valence-electron chi connectivity index (χ4n) is 1.31. The number of carbonyl (C=O) groups is 1. The van der Waals surface area contributed by atoms with Crippen LogP contribution >= 0.6 is 0 Å². The Balaban J connectivity index is 2.27. The summed E-state index contributed by atoms with van der Waals surface area (Å²) in [5, 5.41) is 6.77. The first-order valence-electron chi connectivity index (χ1n) is 5.19. The SMILES string of the molecule is C=C(C)CNC(=O)c1nc2nccc(C)n2n1. The monoisotopic (exact) mass is 231 g/mol. The Hall–Kier alpha value is -2.24. The molecule has 1 amide bonds. The maximum atomic E-state index is 11.7. The molecule has 0 unspecified atom stereocenters. The molecule has 6 nitrogen and oxygen atoms in total. The van der Waals surface area contributed by atoms with E-state index in [1.54, 1.807) is 12.3 Å². The van der Waals surface area contributed by atoms with Gasteiger partial charge in [0.25, 0.3) is 11.7 Å². The average molecular weight is 231 g/mol. The van der Waals surface area contributed by atoms with Crippen molar-refractivity contribution in [3.05, 3.63) is 35.9 Å². The lowest BCUT2D eigenvalue weighted by molar-refractivity contribution is 0.0947. The Labute approximate surface area is 98.4 Å². The molecule has 2 aromatic heterocycles. The quantitative estimate of drug-likeness (QED) is 0.791. The van der Waals surface area contributed by atoms with Crippen molar-refractivity contribution in [2.45, 2.75) is 13.8 Å². The Bertz CT molecular complexity index is 587. The van der Waals surface area contributed by atoms with Crippen molar-refractivity contribution in [1.82, 2.24) is 24.9 Å². The Morgan fingerprint density at radius 2 is 2.35 bits per heavy atom. The maximum Gasteiger partial charge on any atom is 0.291 e. The molecule has 0 aliphatic carbocycles. The van der Waals surface area contributed by atoms with Crippen molar-refractivity contribution >= 4 is 11.7 Å². The summed E-state index contributed by atoms with van der Waals surface area (Å²) in [6.45, 7) is 7.83. The number of nitrogens with one attached hydrogen (secondary N) is 1. The van der Waals surface area contributed by atoms with Crippen LogP contribution in [-0.2, 0) is 0 Å². The van der Waals surface area contributed by atoms with E-state index in [-0.39, 0.29) is 11.7 Å². The average Bonchev–Trinajstić information content (AvgIpc) is 2.71. The predicted octanol–water partition coefficient (Wildman–Crippen LogP) is 0.739. The predicted molar refractivity (Wildman–Crippen MR) is 62.7 cm³/mol. The number of hydrogen-bond acceptors (Lipinski definition) is 4. The summed E-state index contributed by atoms with van der Waals surface area (Å²) >= 11 is 0. The number of rotatable bonds is 3. The topological polar surface area (TPSA) is 72.2 Å². The van der Waals surface area contributed by atoms with Crippen LogP contribution in [0.1, 0.15) is 23.2 Å². The molecule has 0 aliphatic heterocycles. The highest BCUT2D eigenvalue weighted by Crippen LogP contribution is 2.01. The van der Waals surface area contributed by atoms with E-state index in [2.05, 4.69) is 27.0 Å². The smallest absolute Gasteiger partial charge is 0.291 e. The Morgan fingerprint density at radius 1 is 1.59 bits per heavy atom. The second kappa shape index (κ2) is 4.32. The van der Waals surface area contributed by atoms with Gasteiger partial charge >= 0.3 is 0 Å². The van der Waals surface area contributed by atoms with Crippen LogP contribution in [-0.4, -0.2) is 32.0 Å². The number of aryl methyl sites for hydroxylation is 1. The summed E-state index contributed by atoms with van der Waals surface area (Å²) in [5.41, 5.74) is 1.75. The van der Waals surface area contributed by atoms with E-state index < -0.39 is 0 Å². The Kier molecular flexibility index (Phi) is 2.86. The number of fused-ring (bicyclic) bond motifs is 1. The second-order valence-corrected chi connectivity index (χ2v) is 3.87. The molecule has 2 aromatic rings. The third kappa shape index (κ3) is 2.30.